The molecule has 0 amide bonds. The van der Waals surface area contributed by atoms with E-state index in [0.29, 0.717) is 0 Å². The van der Waals surface area contributed by atoms with Crippen molar-refractivity contribution in [1.29, 1.82) is 0 Å². The third kappa shape index (κ3) is 7.82. The van der Waals surface area contributed by atoms with E-state index in [9.17, 15) is 0 Å². The Balaban J connectivity index is 0.904. The maximum absolute atomic E-state index is 6.37. The van der Waals surface area contributed by atoms with Crippen molar-refractivity contribution in [2.45, 2.75) is 0 Å². The van der Waals surface area contributed by atoms with Crippen LogP contribution in [-0.2, 0) is 0 Å². The Morgan fingerprint density at radius 2 is 0.913 bits per heavy atom. The molecule has 10 aromatic carbocycles. The largest absolute Gasteiger partial charge is 0.455 e. The summed E-state index contributed by atoms with van der Waals surface area (Å²) in [4.78, 5) is 2.34. The van der Waals surface area contributed by atoms with Gasteiger partial charge in [-0.3, -0.25) is 0 Å². The van der Waals surface area contributed by atoms with E-state index >= 15 is 0 Å². The molecule has 3 nitrogen and oxygen atoms in total. The van der Waals surface area contributed by atoms with Crippen molar-refractivity contribution < 1.29 is 4.42 Å². The van der Waals surface area contributed by atoms with Crippen LogP contribution >= 0.6 is 0 Å². The Labute approximate surface area is 402 Å². The van der Waals surface area contributed by atoms with Gasteiger partial charge in [0.05, 0.1) is 11.0 Å². The molecule has 0 aliphatic carbocycles. The van der Waals surface area contributed by atoms with Gasteiger partial charge in [-0.2, -0.15) is 0 Å². The highest BCUT2D eigenvalue weighted by Crippen LogP contribution is 2.40. The fourth-order valence-electron chi connectivity index (χ4n) is 9.80. The molecule has 0 radical (unpaired) electrons. The van der Waals surface area contributed by atoms with Gasteiger partial charge in [0.25, 0.3) is 0 Å². The number of rotatable bonds is 11. The number of fused-ring (bicyclic) bond motifs is 6. The van der Waals surface area contributed by atoms with Gasteiger partial charge < -0.3 is 13.9 Å². The lowest BCUT2D eigenvalue weighted by Crippen LogP contribution is -2.09. The van der Waals surface area contributed by atoms with Gasteiger partial charge in [0.15, 0.2) is 0 Å². The van der Waals surface area contributed by atoms with E-state index in [1.807, 2.05) is 18.2 Å². The van der Waals surface area contributed by atoms with Crippen LogP contribution in [0.25, 0.3) is 94.5 Å². The number of para-hydroxylation sites is 3. The first kappa shape index (κ1) is 41.3. The fourth-order valence-corrected chi connectivity index (χ4v) is 9.80. The van der Waals surface area contributed by atoms with Gasteiger partial charge in [-0.25, -0.2) is 0 Å². The smallest absolute Gasteiger partial charge is 0.143 e. The number of aromatic nitrogens is 1. The Bertz CT molecular complexity index is 3780. The summed E-state index contributed by atoms with van der Waals surface area (Å²) in [5.41, 5.74) is 18.7. The second kappa shape index (κ2) is 17.9. The van der Waals surface area contributed by atoms with Crippen molar-refractivity contribution in [3.63, 3.8) is 0 Å². The molecule has 12 rings (SSSR count). The van der Waals surface area contributed by atoms with Crippen LogP contribution in [0.1, 0.15) is 11.1 Å². The minimum atomic E-state index is 0.874. The molecule has 2 heterocycles. The highest BCUT2D eigenvalue weighted by Gasteiger charge is 2.17. The quantitative estimate of drug-likeness (QED) is 0.121. The number of furan rings is 1. The van der Waals surface area contributed by atoms with E-state index < -0.39 is 0 Å². The van der Waals surface area contributed by atoms with Crippen LogP contribution in [0.2, 0.25) is 0 Å². The van der Waals surface area contributed by atoms with E-state index in [4.69, 9.17) is 4.42 Å². The van der Waals surface area contributed by atoms with E-state index in [-0.39, 0.29) is 0 Å². The first-order valence-electron chi connectivity index (χ1n) is 23.4. The van der Waals surface area contributed by atoms with Crippen LogP contribution in [0.4, 0.5) is 17.1 Å². The molecule has 0 aliphatic heterocycles. The average molecular weight is 883 g/mol. The predicted molar refractivity (Wildman–Crippen MR) is 293 cm³/mol. The minimum absolute atomic E-state index is 0.874. The summed E-state index contributed by atoms with van der Waals surface area (Å²) < 4.78 is 8.74. The summed E-state index contributed by atoms with van der Waals surface area (Å²) in [6.45, 7) is 4.18. The maximum atomic E-state index is 6.37. The molecule has 0 unspecified atom stereocenters. The highest BCUT2D eigenvalue weighted by molar-refractivity contribution is 6.11. The van der Waals surface area contributed by atoms with E-state index in [2.05, 4.69) is 265 Å². The first-order chi connectivity index (χ1) is 34.2. The standard InChI is InChI=1S/C66H46N2O/c1-2-47(58-25-15-26-60-59-24-12-13-27-65(59)69-66(58)60)21-14-16-46-28-42-63-61(44-46)62-45-53(35-43-64(62)68(63)54-22-10-5-11-23-54)52-33-40-57(41-34-52)67(55-36-29-50(30-37-55)48-17-6-3-7-18-48)56-38-31-51(32-39-56)49-19-8-4-9-20-49/h2-45H,1H2/b16-14+,47-21+. The first-order valence-corrected chi connectivity index (χ1v) is 23.4. The monoisotopic (exact) mass is 882 g/mol. The molecular weight excluding hydrogens is 837 g/mol. The molecule has 0 bridgehead atoms. The SMILES string of the molecule is C=C/C(=C\C=C\c1ccc2c(c1)c1cc(-c3ccc(N(c4ccc(-c5ccccc5)cc4)c4ccc(-c5ccccc5)cc4)cc3)ccc1n2-c1ccccc1)c1cccc2c1oc1ccccc12. The van der Waals surface area contributed by atoms with Gasteiger partial charge in [-0.05, 0) is 123 Å². The Hall–Kier alpha value is -9.18. The maximum Gasteiger partial charge on any atom is 0.143 e. The number of nitrogens with zero attached hydrogens (tertiary/aromatic N) is 2. The lowest BCUT2D eigenvalue weighted by Gasteiger charge is -2.26. The molecule has 326 valence electrons. The molecule has 3 heteroatoms. The molecule has 0 aliphatic rings. The number of hydrogen-bond donors (Lipinski definition) is 0. The zero-order chi connectivity index (χ0) is 46.1. The van der Waals surface area contributed by atoms with Crippen LogP contribution in [0.3, 0.4) is 0 Å². The second-order valence-electron chi connectivity index (χ2n) is 17.4. The second-order valence-corrected chi connectivity index (χ2v) is 17.4. The van der Waals surface area contributed by atoms with E-state index in [1.165, 1.54) is 33.0 Å². The molecular formula is C66H46N2O. The van der Waals surface area contributed by atoms with Crippen molar-refractivity contribution in [2.75, 3.05) is 4.90 Å². The van der Waals surface area contributed by atoms with Crippen molar-refractivity contribution in [3.8, 4) is 39.1 Å². The lowest BCUT2D eigenvalue weighted by atomic mass is 10.0. The van der Waals surface area contributed by atoms with Gasteiger partial charge in [0.2, 0.25) is 0 Å². The van der Waals surface area contributed by atoms with Crippen LogP contribution in [0.15, 0.2) is 272 Å². The molecule has 0 saturated carbocycles. The molecule has 69 heavy (non-hydrogen) atoms. The fraction of sp³-hybridized carbons (Fsp3) is 0. The Morgan fingerprint density at radius 1 is 0.420 bits per heavy atom. The molecule has 0 N–H and O–H groups in total. The van der Waals surface area contributed by atoms with Crippen LogP contribution in [-0.4, -0.2) is 4.57 Å². The molecule has 0 fully saturated rings. The van der Waals surface area contributed by atoms with Crippen molar-refractivity contribution in [2.24, 2.45) is 0 Å². The number of benzene rings is 10. The average Bonchev–Trinajstić information content (AvgIpc) is 3.97. The van der Waals surface area contributed by atoms with Crippen molar-refractivity contribution >= 4 is 72.5 Å². The summed E-state index contributed by atoms with van der Waals surface area (Å²) in [6, 6.07) is 86.6. The van der Waals surface area contributed by atoms with Gasteiger partial charge in [-0.1, -0.05) is 195 Å². The van der Waals surface area contributed by atoms with Gasteiger partial charge in [-0.15, -0.1) is 0 Å². The zero-order valence-corrected chi connectivity index (χ0v) is 37.9. The summed E-state index contributed by atoms with van der Waals surface area (Å²) in [5, 5.41) is 4.61. The lowest BCUT2D eigenvalue weighted by molar-refractivity contribution is 0.668. The van der Waals surface area contributed by atoms with Crippen LogP contribution in [0, 0.1) is 0 Å². The normalized spacial score (nSPS) is 11.9. The molecule has 0 saturated heterocycles. The van der Waals surface area contributed by atoms with Gasteiger partial charge in [0, 0.05) is 49.9 Å². The van der Waals surface area contributed by atoms with Crippen molar-refractivity contribution in [3.05, 3.63) is 279 Å². The Kier molecular flexibility index (Phi) is 10.7. The topological polar surface area (TPSA) is 21.3 Å². The van der Waals surface area contributed by atoms with Crippen LogP contribution < -0.4 is 4.90 Å². The van der Waals surface area contributed by atoms with E-state index in [1.54, 1.807) is 0 Å². The molecule has 2 aromatic heterocycles. The molecule has 0 atom stereocenters. The molecule has 0 spiro atoms. The minimum Gasteiger partial charge on any atom is -0.455 e. The van der Waals surface area contributed by atoms with E-state index in [0.717, 1.165) is 83.5 Å². The number of anilines is 3. The highest BCUT2D eigenvalue weighted by atomic mass is 16.3. The zero-order valence-electron chi connectivity index (χ0n) is 37.9. The summed E-state index contributed by atoms with van der Waals surface area (Å²) in [5.74, 6) is 0. The summed E-state index contributed by atoms with van der Waals surface area (Å²) >= 11 is 0. The molecule has 12 aromatic rings. The number of hydrogen-bond acceptors (Lipinski definition) is 2. The third-order valence-corrected chi connectivity index (χ3v) is 13.2. The van der Waals surface area contributed by atoms with Gasteiger partial charge >= 0.3 is 0 Å². The van der Waals surface area contributed by atoms with Crippen LogP contribution in [0.5, 0.6) is 0 Å². The van der Waals surface area contributed by atoms with Crippen molar-refractivity contribution in [1.82, 2.24) is 4.57 Å². The van der Waals surface area contributed by atoms with Gasteiger partial charge in [0.1, 0.15) is 11.2 Å². The third-order valence-electron chi connectivity index (χ3n) is 13.2. The summed E-state index contributed by atoms with van der Waals surface area (Å²) in [7, 11) is 0. The Morgan fingerprint density at radius 3 is 1.52 bits per heavy atom. The predicted octanol–water partition coefficient (Wildman–Crippen LogP) is 18.4. The summed E-state index contributed by atoms with van der Waals surface area (Å²) in [6.07, 6.45) is 8.31. The number of allylic oxidation sites excluding steroid dienone is 4.